The molecule has 2 rings (SSSR count). The zero-order valence-electron chi connectivity index (χ0n) is 12.5. The molecule has 1 aliphatic heterocycles. The van der Waals surface area contributed by atoms with E-state index in [0.717, 1.165) is 38.8 Å². The van der Waals surface area contributed by atoms with Crippen LogP contribution in [0.5, 0.6) is 0 Å². The van der Waals surface area contributed by atoms with Gasteiger partial charge in [-0.1, -0.05) is 6.92 Å². The average Bonchev–Trinajstić information content (AvgIpc) is 3.28. The number of amides is 1. The molecule has 1 unspecified atom stereocenters. The molecule has 4 heteroatoms. The maximum atomic E-state index is 12.2. The number of carbonyl (C=O) groups excluding carboxylic acids is 1. The Morgan fingerprint density at radius 3 is 2.58 bits per heavy atom. The number of rotatable bonds is 7. The topological polar surface area (TPSA) is 35.6 Å². The molecule has 0 aromatic heterocycles. The van der Waals surface area contributed by atoms with Crippen molar-refractivity contribution in [2.45, 2.75) is 58.0 Å². The van der Waals surface area contributed by atoms with Gasteiger partial charge in [0.05, 0.1) is 6.04 Å². The molecule has 110 valence electrons. The molecule has 1 saturated carbocycles. The lowest BCUT2D eigenvalue weighted by Crippen LogP contribution is -2.48. The van der Waals surface area contributed by atoms with Gasteiger partial charge in [0, 0.05) is 32.2 Å². The van der Waals surface area contributed by atoms with Crippen LogP contribution in [0.2, 0.25) is 0 Å². The van der Waals surface area contributed by atoms with Crippen molar-refractivity contribution in [3.63, 3.8) is 0 Å². The number of likely N-dealkylation sites (N-methyl/N-ethyl adjacent to an activating group) is 1. The normalized spacial score (nSPS) is 21.7. The van der Waals surface area contributed by atoms with Gasteiger partial charge in [-0.3, -0.25) is 9.69 Å². The Hall–Kier alpha value is -0.610. The maximum Gasteiger partial charge on any atom is 0.239 e. The second-order valence-corrected chi connectivity index (χ2v) is 5.92. The molecule has 0 aromatic carbocycles. The highest BCUT2D eigenvalue weighted by Crippen LogP contribution is 2.25. The van der Waals surface area contributed by atoms with Gasteiger partial charge < -0.3 is 10.2 Å². The van der Waals surface area contributed by atoms with Crippen molar-refractivity contribution < 1.29 is 4.79 Å². The molecule has 19 heavy (non-hydrogen) atoms. The van der Waals surface area contributed by atoms with Crippen LogP contribution in [-0.4, -0.2) is 60.5 Å². The molecule has 0 radical (unpaired) electrons. The smallest absolute Gasteiger partial charge is 0.239 e. The third-order valence-electron chi connectivity index (χ3n) is 4.36. The monoisotopic (exact) mass is 267 g/mol. The van der Waals surface area contributed by atoms with Crippen molar-refractivity contribution in [1.82, 2.24) is 15.1 Å². The fourth-order valence-corrected chi connectivity index (χ4v) is 2.94. The Morgan fingerprint density at radius 2 is 2.00 bits per heavy atom. The van der Waals surface area contributed by atoms with E-state index < -0.39 is 0 Å². The summed E-state index contributed by atoms with van der Waals surface area (Å²) in [5, 5.41) is 3.39. The first kappa shape index (κ1) is 14.8. The highest BCUT2D eigenvalue weighted by molar-refractivity contribution is 5.81. The quantitative estimate of drug-likeness (QED) is 0.758. The van der Waals surface area contributed by atoms with Crippen LogP contribution >= 0.6 is 0 Å². The first-order chi connectivity index (χ1) is 9.22. The van der Waals surface area contributed by atoms with Gasteiger partial charge in [-0.25, -0.2) is 0 Å². The van der Waals surface area contributed by atoms with Crippen molar-refractivity contribution in [2.75, 3.05) is 32.7 Å². The lowest BCUT2D eigenvalue weighted by Gasteiger charge is -2.30. The third kappa shape index (κ3) is 4.46. The molecule has 2 fully saturated rings. The summed E-state index contributed by atoms with van der Waals surface area (Å²) in [6.45, 7) is 9.25. The lowest BCUT2D eigenvalue weighted by atomic mass is 10.1. The Labute approximate surface area is 117 Å². The molecule has 0 aromatic rings. The van der Waals surface area contributed by atoms with E-state index in [0.29, 0.717) is 0 Å². The number of likely N-dealkylation sites (tertiary alicyclic amines) is 1. The first-order valence-corrected chi connectivity index (χ1v) is 7.98. The van der Waals surface area contributed by atoms with Gasteiger partial charge in [-0.15, -0.1) is 0 Å². The van der Waals surface area contributed by atoms with Crippen LogP contribution in [0.4, 0.5) is 0 Å². The summed E-state index contributed by atoms with van der Waals surface area (Å²) < 4.78 is 0. The van der Waals surface area contributed by atoms with E-state index in [1.807, 2.05) is 11.8 Å². The van der Waals surface area contributed by atoms with Gasteiger partial charge in [0.1, 0.15) is 0 Å². The molecule has 0 spiro atoms. The van der Waals surface area contributed by atoms with Gasteiger partial charge >= 0.3 is 0 Å². The fraction of sp³-hybridized carbons (Fsp3) is 0.933. The molecule has 1 amide bonds. The summed E-state index contributed by atoms with van der Waals surface area (Å²) in [7, 11) is 0. The minimum absolute atomic E-state index is 0.0315. The van der Waals surface area contributed by atoms with Crippen LogP contribution in [-0.2, 0) is 4.79 Å². The third-order valence-corrected chi connectivity index (χ3v) is 4.36. The standard InChI is InChI=1S/C15H29N3O/c1-3-17(14-7-8-14)12-9-16-13(2)15(19)18-10-5-4-6-11-18/h13-14,16H,3-12H2,1-2H3. The van der Waals surface area contributed by atoms with E-state index >= 15 is 0 Å². The Bertz CT molecular complexity index is 285. The van der Waals surface area contributed by atoms with Crippen LogP contribution in [0.3, 0.4) is 0 Å². The maximum absolute atomic E-state index is 12.2. The predicted octanol–water partition coefficient (Wildman–Crippen LogP) is 1.46. The summed E-state index contributed by atoms with van der Waals surface area (Å²) in [6, 6.07) is 0.788. The van der Waals surface area contributed by atoms with E-state index in [1.54, 1.807) is 0 Å². The van der Waals surface area contributed by atoms with Gasteiger partial charge in [0.25, 0.3) is 0 Å². The van der Waals surface area contributed by atoms with Gasteiger partial charge in [-0.05, 0) is 45.6 Å². The molecular formula is C15H29N3O. The Morgan fingerprint density at radius 1 is 1.32 bits per heavy atom. The molecule has 1 saturated heterocycles. The number of hydrogen-bond donors (Lipinski definition) is 1. The molecule has 1 N–H and O–H groups in total. The summed E-state index contributed by atoms with van der Waals surface area (Å²) in [6.07, 6.45) is 6.33. The van der Waals surface area contributed by atoms with Crippen molar-refractivity contribution in [1.29, 1.82) is 0 Å². The van der Waals surface area contributed by atoms with E-state index in [1.165, 1.54) is 32.1 Å². The van der Waals surface area contributed by atoms with Crippen molar-refractivity contribution in [2.24, 2.45) is 0 Å². The van der Waals surface area contributed by atoms with Gasteiger partial charge in [0.15, 0.2) is 0 Å². The highest BCUT2D eigenvalue weighted by atomic mass is 16.2. The van der Waals surface area contributed by atoms with Crippen molar-refractivity contribution in [3.05, 3.63) is 0 Å². The highest BCUT2D eigenvalue weighted by Gasteiger charge is 2.27. The zero-order chi connectivity index (χ0) is 13.7. The largest absolute Gasteiger partial charge is 0.341 e. The SMILES string of the molecule is CCN(CCNC(C)C(=O)N1CCCCC1)C1CC1. The summed E-state index contributed by atoms with van der Waals surface area (Å²) in [4.78, 5) is 16.8. The minimum atomic E-state index is -0.0315. The van der Waals surface area contributed by atoms with Crippen molar-refractivity contribution >= 4 is 5.91 Å². The van der Waals surface area contributed by atoms with E-state index in [4.69, 9.17) is 0 Å². The minimum Gasteiger partial charge on any atom is -0.341 e. The fourth-order valence-electron chi connectivity index (χ4n) is 2.94. The number of piperidine rings is 1. The molecule has 1 aliphatic carbocycles. The van der Waals surface area contributed by atoms with Crippen LogP contribution < -0.4 is 5.32 Å². The van der Waals surface area contributed by atoms with Crippen LogP contribution in [0.1, 0.15) is 46.0 Å². The molecule has 1 heterocycles. The van der Waals surface area contributed by atoms with E-state index in [2.05, 4.69) is 17.1 Å². The number of nitrogens with zero attached hydrogens (tertiary/aromatic N) is 2. The van der Waals surface area contributed by atoms with Crippen molar-refractivity contribution in [3.8, 4) is 0 Å². The molecule has 2 aliphatic rings. The van der Waals surface area contributed by atoms with Gasteiger partial charge in [-0.2, -0.15) is 0 Å². The number of carbonyl (C=O) groups is 1. The average molecular weight is 267 g/mol. The number of hydrogen-bond acceptors (Lipinski definition) is 3. The van der Waals surface area contributed by atoms with Crippen LogP contribution in [0, 0.1) is 0 Å². The first-order valence-electron chi connectivity index (χ1n) is 7.98. The summed E-state index contributed by atoms with van der Waals surface area (Å²) >= 11 is 0. The van der Waals surface area contributed by atoms with E-state index in [-0.39, 0.29) is 11.9 Å². The zero-order valence-corrected chi connectivity index (χ0v) is 12.5. The summed E-state index contributed by atoms with van der Waals surface area (Å²) in [5.74, 6) is 0.286. The second kappa shape index (κ2) is 7.25. The second-order valence-electron chi connectivity index (χ2n) is 5.92. The number of nitrogens with one attached hydrogen (secondary N) is 1. The Kier molecular flexibility index (Phi) is 5.64. The van der Waals surface area contributed by atoms with E-state index in [9.17, 15) is 4.79 Å². The molecular weight excluding hydrogens is 238 g/mol. The Balaban J connectivity index is 1.65. The van der Waals surface area contributed by atoms with Crippen LogP contribution in [0.25, 0.3) is 0 Å². The molecule has 4 nitrogen and oxygen atoms in total. The van der Waals surface area contributed by atoms with Crippen LogP contribution in [0.15, 0.2) is 0 Å². The summed E-state index contributed by atoms with van der Waals surface area (Å²) in [5.41, 5.74) is 0. The lowest BCUT2D eigenvalue weighted by molar-refractivity contribution is -0.133. The van der Waals surface area contributed by atoms with Gasteiger partial charge in [0.2, 0.25) is 5.91 Å². The molecule has 0 bridgehead atoms. The predicted molar refractivity (Wildman–Crippen MR) is 78.2 cm³/mol. The molecule has 1 atom stereocenters.